The number of ether oxygens (including phenoxy) is 3. The zero-order valence-electron chi connectivity index (χ0n) is 9.87. The van der Waals surface area contributed by atoms with Gasteiger partial charge in [-0.3, -0.25) is 0 Å². The summed E-state index contributed by atoms with van der Waals surface area (Å²) in [6, 6.07) is 4.79. The van der Waals surface area contributed by atoms with Crippen molar-refractivity contribution in [3.8, 4) is 17.2 Å². The van der Waals surface area contributed by atoms with E-state index in [4.69, 9.17) is 19.3 Å². The number of aryl methyl sites for hydroxylation is 1. The van der Waals surface area contributed by atoms with Gasteiger partial charge in [-0.2, -0.15) is 0 Å². The summed E-state index contributed by atoms with van der Waals surface area (Å²) >= 11 is 0. The quantitative estimate of drug-likeness (QED) is 0.795. The summed E-state index contributed by atoms with van der Waals surface area (Å²) in [6.45, 7) is 0.144. The smallest absolute Gasteiger partial charge is 0.203 e. The van der Waals surface area contributed by atoms with Crippen molar-refractivity contribution >= 4 is 0 Å². The molecule has 4 heteroatoms. The molecule has 1 N–H and O–H groups in total. The van der Waals surface area contributed by atoms with Gasteiger partial charge < -0.3 is 19.3 Å². The summed E-state index contributed by atoms with van der Waals surface area (Å²) in [4.78, 5) is 0. The third-order valence-electron chi connectivity index (χ3n) is 2.29. The predicted molar refractivity (Wildman–Crippen MR) is 60.3 cm³/mol. The molecule has 1 aromatic rings. The Balaban J connectivity index is 3.10. The summed E-state index contributed by atoms with van der Waals surface area (Å²) in [5, 5.41) is 8.81. The second kappa shape index (κ2) is 6.23. The van der Waals surface area contributed by atoms with Crippen molar-refractivity contribution in [2.75, 3.05) is 27.9 Å². The molecule has 0 unspecified atom stereocenters. The SMILES string of the molecule is COc1c[c]c(CCCO)c(OC)c1OC. The lowest BCUT2D eigenvalue weighted by atomic mass is 10.1. The van der Waals surface area contributed by atoms with Crippen LogP contribution in [0.15, 0.2) is 6.07 Å². The Bertz CT molecular complexity index is 336. The van der Waals surface area contributed by atoms with Crippen LogP contribution in [-0.2, 0) is 6.42 Å². The fraction of sp³-hybridized carbons (Fsp3) is 0.500. The van der Waals surface area contributed by atoms with Crippen molar-refractivity contribution in [3.05, 3.63) is 17.7 Å². The molecule has 0 saturated heterocycles. The van der Waals surface area contributed by atoms with Crippen LogP contribution in [0.2, 0.25) is 0 Å². The molecule has 0 aliphatic heterocycles. The first-order chi connectivity index (χ1) is 7.78. The zero-order chi connectivity index (χ0) is 12.0. The molecule has 1 aromatic carbocycles. The first-order valence-electron chi connectivity index (χ1n) is 5.08. The molecule has 1 rings (SSSR count). The predicted octanol–water partition coefficient (Wildman–Crippen LogP) is 1.44. The molecule has 0 fully saturated rings. The van der Waals surface area contributed by atoms with Crippen molar-refractivity contribution in [2.24, 2.45) is 0 Å². The number of methoxy groups -OCH3 is 3. The van der Waals surface area contributed by atoms with Crippen LogP contribution in [-0.4, -0.2) is 33.0 Å². The van der Waals surface area contributed by atoms with Gasteiger partial charge in [-0.25, -0.2) is 0 Å². The Labute approximate surface area is 95.8 Å². The van der Waals surface area contributed by atoms with Crippen LogP contribution in [0.3, 0.4) is 0 Å². The highest BCUT2D eigenvalue weighted by Gasteiger charge is 2.15. The molecular weight excluding hydrogens is 208 g/mol. The summed E-state index contributed by atoms with van der Waals surface area (Å²) in [5.41, 5.74) is 0.884. The van der Waals surface area contributed by atoms with Crippen LogP contribution >= 0.6 is 0 Å². The molecule has 4 nitrogen and oxygen atoms in total. The van der Waals surface area contributed by atoms with Gasteiger partial charge in [0.1, 0.15) is 0 Å². The summed E-state index contributed by atoms with van der Waals surface area (Å²) in [7, 11) is 4.71. The van der Waals surface area contributed by atoms with E-state index in [1.54, 1.807) is 27.4 Å². The Morgan fingerprint density at radius 1 is 1.12 bits per heavy atom. The molecule has 0 bridgehead atoms. The highest BCUT2D eigenvalue weighted by atomic mass is 16.5. The summed E-state index contributed by atoms with van der Waals surface area (Å²) in [6.07, 6.45) is 1.36. The van der Waals surface area contributed by atoms with E-state index in [0.717, 1.165) is 5.56 Å². The molecule has 1 radical (unpaired) electrons. The van der Waals surface area contributed by atoms with Crippen LogP contribution in [0.4, 0.5) is 0 Å². The lowest BCUT2D eigenvalue weighted by molar-refractivity contribution is 0.286. The maximum Gasteiger partial charge on any atom is 0.203 e. The van der Waals surface area contributed by atoms with Crippen LogP contribution in [0.1, 0.15) is 12.0 Å². The average molecular weight is 225 g/mol. The third kappa shape index (κ3) is 2.58. The topological polar surface area (TPSA) is 47.9 Å². The Morgan fingerprint density at radius 2 is 1.81 bits per heavy atom. The van der Waals surface area contributed by atoms with E-state index >= 15 is 0 Å². The van der Waals surface area contributed by atoms with E-state index in [0.29, 0.717) is 30.1 Å². The third-order valence-corrected chi connectivity index (χ3v) is 2.29. The number of rotatable bonds is 6. The minimum Gasteiger partial charge on any atom is -0.493 e. The fourth-order valence-electron chi connectivity index (χ4n) is 1.54. The van der Waals surface area contributed by atoms with Crippen molar-refractivity contribution in [3.63, 3.8) is 0 Å². The zero-order valence-corrected chi connectivity index (χ0v) is 9.87. The largest absolute Gasteiger partial charge is 0.493 e. The molecular formula is C12H17O4. The fourth-order valence-corrected chi connectivity index (χ4v) is 1.54. The molecule has 0 aromatic heterocycles. The molecule has 0 spiro atoms. The van der Waals surface area contributed by atoms with Gasteiger partial charge in [0.15, 0.2) is 11.5 Å². The normalized spacial score (nSPS) is 10.0. The van der Waals surface area contributed by atoms with Crippen molar-refractivity contribution in [1.29, 1.82) is 0 Å². The van der Waals surface area contributed by atoms with E-state index < -0.39 is 0 Å². The standard InChI is InChI=1S/C12H17O4/c1-14-10-7-6-9(5-4-8-13)11(15-2)12(10)16-3/h7,13H,4-5,8H2,1-3H3. The van der Waals surface area contributed by atoms with Gasteiger partial charge in [-0.05, 0) is 25.0 Å². The van der Waals surface area contributed by atoms with Crippen LogP contribution in [0.5, 0.6) is 17.2 Å². The first-order valence-corrected chi connectivity index (χ1v) is 5.08. The minimum atomic E-state index is 0.144. The average Bonchev–Trinajstić information content (AvgIpc) is 2.34. The molecule has 0 atom stereocenters. The van der Waals surface area contributed by atoms with Gasteiger partial charge in [0.25, 0.3) is 0 Å². The lowest BCUT2D eigenvalue weighted by Crippen LogP contribution is -2.00. The summed E-state index contributed by atoms with van der Waals surface area (Å²) in [5.74, 6) is 1.78. The molecule has 0 heterocycles. The van der Waals surface area contributed by atoms with Crippen LogP contribution in [0, 0.1) is 6.07 Å². The maximum absolute atomic E-state index is 8.81. The number of hydrogen-bond donors (Lipinski definition) is 1. The molecule has 89 valence electrons. The van der Waals surface area contributed by atoms with Crippen molar-refractivity contribution in [2.45, 2.75) is 12.8 Å². The van der Waals surface area contributed by atoms with Gasteiger partial charge in [-0.15, -0.1) is 0 Å². The maximum atomic E-state index is 8.81. The van der Waals surface area contributed by atoms with E-state index in [2.05, 4.69) is 6.07 Å². The van der Waals surface area contributed by atoms with E-state index in [-0.39, 0.29) is 6.61 Å². The van der Waals surface area contributed by atoms with Crippen LogP contribution < -0.4 is 14.2 Å². The second-order valence-electron chi connectivity index (χ2n) is 3.23. The summed E-state index contributed by atoms with van der Waals surface area (Å²) < 4.78 is 15.7. The van der Waals surface area contributed by atoms with Crippen LogP contribution in [0.25, 0.3) is 0 Å². The highest BCUT2D eigenvalue weighted by molar-refractivity contribution is 5.55. The number of aliphatic hydroxyl groups is 1. The Kier molecular flexibility index (Phi) is 4.92. The van der Waals surface area contributed by atoms with Gasteiger partial charge in [0, 0.05) is 12.2 Å². The first kappa shape index (κ1) is 12.6. The molecule has 16 heavy (non-hydrogen) atoms. The van der Waals surface area contributed by atoms with Gasteiger partial charge in [0.05, 0.1) is 21.3 Å². The Morgan fingerprint density at radius 3 is 2.31 bits per heavy atom. The number of aliphatic hydroxyl groups excluding tert-OH is 1. The van der Waals surface area contributed by atoms with E-state index in [9.17, 15) is 0 Å². The highest BCUT2D eigenvalue weighted by Crippen LogP contribution is 2.39. The van der Waals surface area contributed by atoms with Crippen molar-refractivity contribution in [1.82, 2.24) is 0 Å². The molecule has 0 amide bonds. The monoisotopic (exact) mass is 225 g/mol. The number of benzene rings is 1. The second-order valence-corrected chi connectivity index (χ2v) is 3.23. The number of hydrogen-bond acceptors (Lipinski definition) is 4. The van der Waals surface area contributed by atoms with Gasteiger partial charge in [0.2, 0.25) is 5.75 Å². The van der Waals surface area contributed by atoms with Gasteiger partial charge >= 0.3 is 0 Å². The van der Waals surface area contributed by atoms with Crippen molar-refractivity contribution < 1.29 is 19.3 Å². The molecule has 0 aliphatic carbocycles. The van der Waals surface area contributed by atoms with E-state index in [1.165, 1.54) is 0 Å². The Hall–Kier alpha value is -1.42. The van der Waals surface area contributed by atoms with E-state index in [1.807, 2.05) is 0 Å². The molecule has 0 aliphatic rings. The van der Waals surface area contributed by atoms with Gasteiger partial charge in [-0.1, -0.05) is 0 Å². The minimum absolute atomic E-state index is 0.144. The molecule has 0 saturated carbocycles. The lowest BCUT2D eigenvalue weighted by Gasteiger charge is -2.15.